The Hall–Kier alpha value is 6.61. The van der Waals surface area contributed by atoms with Crippen molar-refractivity contribution < 1.29 is 513 Å². The third-order valence-electron chi connectivity index (χ3n) is 0. The monoisotopic (exact) mass is 3300 g/mol. The molecule has 5 radical (unpaired) electrons. The van der Waals surface area contributed by atoms with Gasteiger partial charge >= 0.3 is 0 Å². The van der Waals surface area contributed by atoms with Crippen LogP contribution in [0.3, 0.4) is 0 Å². The summed E-state index contributed by atoms with van der Waals surface area (Å²) in [5.74, 6) is 0. The fraction of sp³-hybridized carbons (Fsp3) is 1.00. The number of hydrogen-bond acceptors (Lipinski definition) is 0. The van der Waals surface area contributed by atoms with Crippen molar-refractivity contribution in [3.05, 3.63) is 0 Å². The van der Waals surface area contributed by atoms with E-state index in [9.17, 15) is 0 Å². The van der Waals surface area contributed by atoms with Crippen LogP contribution < -0.4 is 34.3 Å². The van der Waals surface area contributed by atoms with Gasteiger partial charge in [0.2, 0.25) is 0 Å². The van der Waals surface area contributed by atoms with Crippen molar-refractivity contribution in [2.45, 2.75) is 0 Å². The molecule has 48 nitrogen and oxygen atoms in total. The summed E-state index contributed by atoms with van der Waals surface area (Å²) >= 11 is 0. The van der Waals surface area contributed by atoms with Gasteiger partial charge in [-0.05, 0) is 0 Å². The van der Waals surface area contributed by atoms with Gasteiger partial charge in [0.25, 0.3) is 0 Å². The summed E-state index contributed by atoms with van der Waals surface area (Å²) in [6.45, 7) is 0. The van der Waals surface area contributed by atoms with E-state index in [1.165, 1.54) is 34.3 Å². The van der Waals surface area contributed by atoms with E-state index in [2.05, 4.69) is 148 Å². The molecule has 585 valence electrons. The summed E-state index contributed by atoms with van der Waals surface area (Å²) in [6, 6.07) is 0. The van der Waals surface area contributed by atoms with Crippen LogP contribution in [-0.4, -0.2) is 383 Å². The molecule has 0 aliphatic heterocycles. The van der Waals surface area contributed by atoms with Gasteiger partial charge in [-0.3, -0.25) is 0 Å². The van der Waals surface area contributed by atoms with Crippen LogP contribution in [0.4, 0.5) is 0 Å². The quantitative estimate of drug-likeness (QED) is 0.111. The van der Waals surface area contributed by atoms with Gasteiger partial charge < -0.3 is 259 Å². The van der Waals surface area contributed by atoms with Gasteiger partial charge in [-0.15, -0.1) is 0 Å². The van der Waals surface area contributed by atoms with Crippen LogP contribution in [0.5, 0.6) is 0 Å². The van der Waals surface area contributed by atoms with Crippen LogP contribution in [0.1, 0.15) is 0 Å². The van der Waals surface area contributed by atoms with Gasteiger partial charge in [0, 0.05) is 265 Å². The van der Waals surface area contributed by atoms with E-state index >= 15 is 0 Å². The Morgan fingerprint density at radius 2 is 0.0976 bits per heavy atom. The average molecular weight is 3300 g/mol. The molecule has 0 amide bonds. The van der Waals surface area contributed by atoms with E-state index in [-0.39, 0.29) is 490 Å². The van der Waals surface area contributed by atoms with E-state index in [1.807, 2.05) is 0 Å². The van der Waals surface area contributed by atoms with Crippen LogP contribution in [0, 0.1) is 0 Å². The molecule has 0 rings (SSSR count). The van der Waals surface area contributed by atoms with E-state index in [4.69, 9.17) is 0 Å². The summed E-state index contributed by atoms with van der Waals surface area (Å²) in [5.41, 5.74) is 0. The third kappa shape index (κ3) is 14500. The summed E-state index contributed by atoms with van der Waals surface area (Å²) in [6.07, 6.45) is 0. The second-order valence-corrected chi connectivity index (χ2v) is 10.5. The minimum atomic E-state index is 0. The molecule has 0 unspecified atom stereocenters. The predicted molar refractivity (Wildman–Crippen MR) is 285 cm³/mol. The van der Waals surface area contributed by atoms with Crippen molar-refractivity contribution in [2.75, 3.05) is 148 Å². The number of rotatable bonds is 0. The second kappa shape index (κ2) is 862. The zero-order valence-corrected chi connectivity index (χ0v) is 85.9. The van der Waals surface area contributed by atoms with Crippen molar-refractivity contribution >= 4 is 11.0 Å². The number of quaternary nitrogens is 7. The molecule has 0 fully saturated rings. The van der Waals surface area contributed by atoms with Crippen LogP contribution in [0.15, 0.2) is 0 Å². The van der Waals surface area contributed by atoms with E-state index in [0.29, 0.717) is 0 Å². The van der Waals surface area contributed by atoms with Crippen LogP contribution in [0.25, 0.3) is 0 Å². The van der Waals surface area contributed by atoms with Gasteiger partial charge in [0.1, 0.15) is 0 Å². The van der Waals surface area contributed by atoms with Crippen molar-refractivity contribution in [1.29, 1.82) is 0 Å². The van der Waals surface area contributed by atoms with E-state index in [0.717, 1.165) is 0 Å². The molecule has 0 spiro atoms. The van der Waals surface area contributed by atoms with Gasteiger partial charge in [0.15, 0.2) is 0 Å². The maximum Gasteiger partial charge on any atom is 0.0661 e. The molecular formula is C21H152N7NbO41SiW11+7. The Morgan fingerprint density at radius 3 is 0.0976 bits per heavy atom. The second-order valence-electron chi connectivity index (χ2n) is 10.5. The molecule has 61 heteroatoms. The van der Waals surface area contributed by atoms with Crippen LogP contribution in [-0.2, 0) is 254 Å². The van der Waals surface area contributed by atoms with Crippen molar-refractivity contribution in [2.24, 2.45) is 0 Å². The molecule has 0 aliphatic carbocycles. The molecule has 0 atom stereocenters. The predicted octanol–water partition coefficient (Wildman–Crippen LogP) is -42.9. The smallest absolute Gasteiger partial charge is 0.0661 e. The van der Waals surface area contributed by atoms with Crippen molar-refractivity contribution in [3.63, 3.8) is 0 Å². The summed E-state index contributed by atoms with van der Waals surface area (Å²) in [7, 11) is 43.8. The number of hydrogen-bond donors (Lipinski definition) is 7. The molecule has 0 aliphatic rings. The Kier molecular flexibility index (Phi) is 9380. The topological polar surface area (TPSA) is 1320 Å². The fourth-order valence-electron chi connectivity index (χ4n) is 0. The summed E-state index contributed by atoms with van der Waals surface area (Å²) in [5, 5.41) is 0. The van der Waals surface area contributed by atoms with E-state index < -0.39 is 0 Å². The van der Waals surface area contributed by atoms with Gasteiger partial charge in [0.05, 0.1) is 148 Å². The first-order valence-electron chi connectivity index (χ1n) is 10.5. The standard InChI is InChI=1S/7C3H9N.Nb.41H2O.Si.11W/c7*1-4(2)3;;;;;;;;;;;;;;;;;;;;;;;;;;;;;;;;;;;;;;;;;;;;;;;;;;;;;;/h7*1-3H3;;41*1H2;;;;;;;;;;;;/p+7. The first-order valence-corrected chi connectivity index (χ1v) is 10.5. The Morgan fingerprint density at radius 1 is 0.0976 bits per heavy atom. The van der Waals surface area contributed by atoms with Crippen molar-refractivity contribution in [3.8, 4) is 0 Å². The first-order chi connectivity index (χ1) is 12.1. The Balaban J connectivity index is -0.000000000958. The maximum atomic E-state index is 2.08. The molecule has 0 saturated carbocycles. The first kappa shape index (κ1) is 892. The molecule has 0 aromatic heterocycles. The van der Waals surface area contributed by atoms with Gasteiger partial charge in [-0.1, -0.05) is 0 Å². The van der Waals surface area contributed by atoms with Crippen molar-refractivity contribution in [1.82, 2.24) is 0 Å². The maximum absolute atomic E-state index is 2.08. The minimum Gasteiger partial charge on any atom is -0.412 e. The fourth-order valence-corrected chi connectivity index (χ4v) is 0. The van der Waals surface area contributed by atoms with Crippen LogP contribution >= 0.6 is 0 Å². The summed E-state index contributed by atoms with van der Waals surface area (Å²) < 4.78 is 0. The van der Waals surface area contributed by atoms with Gasteiger partial charge in [-0.2, -0.15) is 0 Å². The molecule has 0 heterocycles. The zero-order valence-electron chi connectivity index (χ0n) is 50.4. The van der Waals surface area contributed by atoms with Crippen LogP contribution in [0.2, 0.25) is 0 Å². The normalized spacial score (nSPS) is 3.07. The minimum absolute atomic E-state index is 0. The summed E-state index contributed by atoms with van der Waals surface area (Å²) in [4.78, 5) is 9.92. The molecule has 89 N–H and O–H groups in total. The largest absolute Gasteiger partial charge is 0.412 e. The Bertz CT molecular complexity index is 244. The average Bonchev–Trinajstić information content (AvgIpc) is 2.20. The molecule has 0 bridgehead atoms. The molecule has 0 saturated heterocycles. The molecular weight excluding hydrogens is 3150 g/mol. The molecule has 0 aromatic carbocycles. The molecule has 82 heavy (non-hydrogen) atoms. The Labute approximate surface area is 664 Å². The van der Waals surface area contributed by atoms with E-state index in [1.54, 1.807) is 0 Å². The third-order valence-corrected chi connectivity index (χ3v) is 0. The molecule has 0 aromatic rings. The zero-order chi connectivity index (χ0) is 25.0. The van der Waals surface area contributed by atoms with Gasteiger partial charge in [-0.25, -0.2) is 0 Å². The SMILES string of the molecule is C[NH+](C)C.C[NH+](C)C.C[NH+](C)C.C[NH+](C)C.C[NH+](C)C.C[NH+](C)C.C[NH+](C)C.O.O.O.O.O.O.O.O.O.O.O.O.O.O.O.O.O.O.O.O.O.O.O.O.O.O.O.O.O.O.O.O.O.O.O.O.O.O.O.O.O.[Nb].[Si].[W].[W].[W].[W].[W].[W].[W].[W].[W].[W].[W]. The number of nitrogens with one attached hydrogen (secondary N) is 7.